The number of nitrogens with zero attached hydrogens (tertiary/aromatic N) is 1. The quantitative estimate of drug-likeness (QED) is 0.210. The lowest BCUT2D eigenvalue weighted by molar-refractivity contribution is -0.114. The number of fused-ring (bicyclic) bond motifs is 1. The Hall–Kier alpha value is -2.75. The van der Waals surface area contributed by atoms with Gasteiger partial charge >= 0.3 is 0 Å². The van der Waals surface area contributed by atoms with Gasteiger partial charge in [-0.25, -0.2) is 0 Å². The molecule has 0 atom stereocenters. The fraction of sp³-hybridized carbons (Fsp3) is 0.304. The highest BCUT2D eigenvalue weighted by molar-refractivity contribution is 14.0. The van der Waals surface area contributed by atoms with Crippen LogP contribution in [-0.2, 0) is 17.8 Å². The zero-order valence-electron chi connectivity index (χ0n) is 18.3. The molecule has 4 N–H and O–H groups in total. The van der Waals surface area contributed by atoms with E-state index in [2.05, 4.69) is 57.2 Å². The first-order valence-electron chi connectivity index (χ1n) is 9.95. The van der Waals surface area contributed by atoms with Gasteiger partial charge in [-0.2, -0.15) is 0 Å². The number of halogens is 1. The Bertz CT molecular complexity index is 1060. The lowest BCUT2D eigenvalue weighted by Gasteiger charge is -2.14. The summed E-state index contributed by atoms with van der Waals surface area (Å²) in [7, 11) is 3.33. The van der Waals surface area contributed by atoms with E-state index in [9.17, 15) is 4.79 Å². The minimum atomic E-state index is -0.136. The average molecular weight is 535 g/mol. The van der Waals surface area contributed by atoms with Crippen molar-refractivity contribution >= 4 is 52.4 Å². The summed E-state index contributed by atoms with van der Waals surface area (Å²) in [6.07, 6.45) is 2.96. The number of carbonyl (C=O) groups excluding carboxylic acids is 1. The summed E-state index contributed by atoms with van der Waals surface area (Å²) in [5.74, 6) is 1.22. The van der Waals surface area contributed by atoms with Crippen LogP contribution in [0.5, 0.6) is 5.75 Å². The van der Waals surface area contributed by atoms with Gasteiger partial charge in [0, 0.05) is 44.2 Å². The molecule has 31 heavy (non-hydrogen) atoms. The molecule has 0 bridgehead atoms. The second kappa shape index (κ2) is 11.6. The second-order valence-electron chi connectivity index (χ2n) is 7.18. The molecule has 0 saturated heterocycles. The number of guanidine groups is 1. The number of aryl methyl sites for hydroxylation is 1. The Morgan fingerprint density at radius 2 is 1.97 bits per heavy atom. The first-order chi connectivity index (χ1) is 14.5. The van der Waals surface area contributed by atoms with Crippen molar-refractivity contribution in [3.05, 3.63) is 59.3 Å². The van der Waals surface area contributed by atoms with Gasteiger partial charge in [-0.15, -0.1) is 24.0 Å². The molecule has 8 heteroatoms. The molecule has 0 spiro atoms. The molecule has 0 aliphatic heterocycles. The number of ether oxygens (including phenoxy) is 1. The van der Waals surface area contributed by atoms with Gasteiger partial charge in [-0.05, 0) is 48.2 Å². The van der Waals surface area contributed by atoms with E-state index in [1.807, 2.05) is 18.2 Å². The number of hydrogen-bond acceptors (Lipinski definition) is 3. The minimum Gasteiger partial charge on any atom is -0.495 e. The minimum absolute atomic E-state index is 0. The van der Waals surface area contributed by atoms with Crippen molar-refractivity contribution in [3.8, 4) is 5.75 Å². The topological polar surface area (TPSA) is 90.5 Å². The fourth-order valence-electron chi connectivity index (χ4n) is 3.38. The van der Waals surface area contributed by atoms with E-state index in [1.54, 1.807) is 14.2 Å². The lowest BCUT2D eigenvalue weighted by atomic mass is 10.1. The summed E-state index contributed by atoms with van der Waals surface area (Å²) in [6, 6.07) is 12.2. The Balaban J connectivity index is 0.00000341. The van der Waals surface area contributed by atoms with E-state index >= 15 is 0 Å². The third kappa shape index (κ3) is 6.61. The van der Waals surface area contributed by atoms with E-state index < -0.39 is 0 Å². The van der Waals surface area contributed by atoms with Crippen molar-refractivity contribution in [1.29, 1.82) is 0 Å². The van der Waals surface area contributed by atoms with Gasteiger partial charge < -0.3 is 25.7 Å². The molecule has 0 aliphatic carbocycles. The number of amides is 1. The fourth-order valence-corrected chi connectivity index (χ4v) is 3.38. The van der Waals surface area contributed by atoms with E-state index in [0.717, 1.165) is 24.5 Å². The molecule has 0 aliphatic rings. The second-order valence-corrected chi connectivity index (χ2v) is 7.18. The van der Waals surface area contributed by atoms with Crippen LogP contribution >= 0.6 is 24.0 Å². The number of benzene rings is 2. The highest BCUT2D eigenvalue weighted by Crippen LogP contribution is 2.25. The molecule has 3 rings (SSSR count). The summed E-state index contributed by atoms with van der Waals surface area (Å²) in [5.41, 5.74) is 5.36. The number of aromatic amines is 1. The number of aromatic nitrogens is 1. The van der Waals surface area contributed by atoms with Crippen LogP contribution in [0.25, 0.3) is 10.9 Å². The van der Waals surface area contributed by atoms with E-state index in [1.165, 1.54) is 29.0 Å². The van der Waals surface area contributed by atoms with Crippen molar-refractivity contribution < 1.29 is 9.53 Å². The number of anilines is 1. The van der Waals surface area contributed by atoms with Gasteiger partial charge in [0.25, 0.3) is 0 Å². The predicted octanol–water partition coefficient (Wildman–Crippen LogP) is 3.97. The molecule has 1 amide bonds. The number of aliphatic imine (C=N–C) groups is 1. The summed E-state index contributed by atoms with van der Waals surface area (Å²) in [4.78, 5) is 19.0. The van der Waals surface area contributed by atoms with E-state index in [0.29, 0.717) is 18.0 Å². The van der Waals surface area contributed by atoms with Crippen molar-refractivity contribution in [1.82, 2.24) is 15.6 Å². The Morgan fingerprint density at radius 3 is 2.68 bits per heavy atom. The van der Waals surface area contributed by atoms with Crippen molar-refractivity contribution in [2.75, 3.05) is 26.0 Å². The molecular weight excluding hydrogens is 505 g/mol. The van der Waals surface area contributed by atoms with Crippen LogP contribution in [0.2, 0.25) is 0 Å². The monoisotopic (exact) mass is 535 g/mol. The molecule has 166 valence electrons. The maximum atomic E-state index is 11.4. The van der Waals surface area contributed by atoms with Crippen LogP contribution in [0.1, 0.15) is 23.6 Å². The zero-order valence-corrected chi connectivity index (χ0v) is 20.7. The van der Waals surface area contributed by atoms with Crippen LogP contribution in [0.15, 0.2) is 47.6 Å². The van der Waals surface area contributed by atoms with Gasteiger partial charge in [0.15, 0.2) is 5.96 Å². The van der Waals surface area contributed by atoms with E-state index in [4.69, 9.17) is 4.74 Å². The normalized spacial score (nSPS) is 11.0. The van der Waals surface area contributed by atoms with Gasteiger partial charge in [0.05, 0.1) is 12.8 Å². The number of methoxy groups -OCH3 is 1. The standard InChI is InChI=1S/C23H29N5O2.HI/c1-15-5-7-19-18(14-26-20(19)11-15)9-10-25-23(24-3)27-13-17-6-8-22(30-4)21(12-17)28-16(2)29;/h5-8,11-12,14,26H,9-10,13H2,1-4H3,(H,28,29)(H2,24,25,27);1H. The third-order valence-electron chi connectivity index (χ3n) is 4.87. The largest absolute Gasteiger partial charge is 0.495 e. The zero-order chi connectivity index (χ0) is 21.5. The molecule has 3 aromatic rings. The highest BCUT2D eigenvalue weighted by atomic mass is 127. The highest BCUT2D eigenvalue weighted by Gasteiger charge is 2.08. The molecule has 0 radical (unpaired) electrons. The first-order valence-corrected chi connectivity index (χ1v) is 9.95. The maximum Gasteiger partial charge on any atom is 0.221 e. The first kappa shape index (κ1) is 24.5. The predicted molar refractivity (Wildman–Crippen MR) is 138 cm³/mol. The van der Waals surface area contributed by atoms with Crippen molar-refractivity contribution in [2.45, 2.75) is 26.8 Å². The van der Waals surface area contributed by atoms with Crippen LogP contribution < -0.4 is 20.7 Å². The van der Waals surface area contributed by atoms with Gasteiger partial charge in [0.1, 0.15) is 5.75 Å². The molecule has 1 aromatic heterocycles. The molecule has 2 aromatic carbocycles. The van der Waals surface area contributed by atoms with Crippen molar-refractivity contribution in [3.63, 3.8) is 0 Å². The number of H-pyrrole nitrogens is 1. The van der Waals surface area contributed by atoms with Crippen LogP contribution in [0, 0.1) is 6.92 Å². The third-order valence-corrected chi connectivity index (χ3v) is 4.87. The summed E-state index contributed by atoms with van der Waals surface area (Å²) in [5, 5.41) is 10.7. The van der Waals surface area contributed by atoms with Crippen LogP contribution in [0.3, 0.4) is 0 Å². The number of carbonyl (C=O) groups is 1. The SMILES string of the molecule is CN=C(NCCc1c[nH]c2cc(C)ccc12)NCc1ccc(OC)c(NC(C)=O)c1.I. The van der Waals surface area contributed by atoms with E-state index in [-0.39, 0.29) is 29.9 Å². The van der Waals surface area contributed by atoms with Gasteiger partial charge in [0.2, 0.25) is 5.91 Å². The number of rotatable bonds is 7. The molecular formula is C23H30IN5O2. The molecule has 7 nitrogen and oxygen atoms in total. The Labute approximate surface area is 200 Å². The average Bonchev–Trinajstić information content (AvgIpc) is 3.12. The lowest BCUT2D eigenvalue weighted by Crippen LogP contribution is -2.37. The van der Waals surface area contributed by atoms with Crippen LogP contribution in [-0.4, -0.2) is 37.6 Å². The van der Waals surface area contributed by atoms with Gasteiger partial charge in [-0.1, -0.05) is 18.2 Å². The molecule has 1 heterocycles. The Kier molecular flexibility index (Phi) is 9.17. The number of nitrogens with one attached hydrogen (secondary N) is 4. The molecule has 0 saturated carbocycles. The Morgan fingerprint density at radius 1 is 1.16 bits per heavy atom. The number of hydrogen-bond donors (Lipinski definition) is 4. The molecule has 0 unspecified atom stereocenters. The smallest absolute Gasteiger partial charge is 0.221 e. The van der Waals surface area contributed by atoms with Crippen molar-refractivity contribution in [2.24, 2.45) is 4.99 Å². The molecule has 0 fully saturated rings. The summed E-state index contributed by atoms with van der Waals surface area (Å²) >= 11 is 0. The summed E-state index contributed by atoms with van der Waals surface area (Å²) < 4.78 is 5.30. The van der Waals surface area contributed by atoms with Gasteiger partial charge in [-0.3, -0.25) is 9.79 Å². The summed E-state index contributed by atoms with van der Waals surface area (Å²) in [6.45, 7) is 4.91. The maximum absolute atomic E-state index is 11.4. The van der Waals surface area contributed by atoms with Crippen LogP contribution in [0.4, 0.5) is 5.69 Å².